The van der Waals surface area contributed by atoms with E-state index >= 15 is 0 Å². The van der Waals surface area contributed by atoms with Gasteiger partial charge in [-0.15, -0.1) is 24.0 Å². The lowest BCUT2D eigenvalue weighted by Gasteiger charge is -2.22. The quantitative estimate of drug-likeness (QED) is 0.217. The molecule has 0 aromatic heterocycles. The van der Waals surface area contributed by atoms with Crippen molar-refractivity contribution in [1.29, 1.82) is 0 Å². The first-order chi connectivity index (χ1) is 13.3. The van der Waals surface area contributed by atoms with E-state index in [1.807, 2.05) is 6.92 Å². The Balaban J connectivity index is 0.00000392. The van der Waals surface area contributed by atoms with E-state index in [0.717, 1.165) is 45.2 Å². The van der Waals surface area contributed by atoms with Crippen LogP contribution in [-0.2, 0) is 27.4 Å². The van der Waals surface area contributed by atoms with Crippen LogP contribution in [-0.4, -0.2) is 64.0 Å². The molecule has 1 saturated heterocycles. The lowest BCUT2D eigenvalue weighted by Crippen LogP contribution is -2.40. The van der Waals surface area contributed by atoms with Crippen LogP contribution >= 0.6 is 24.0 Å². The van der Waals surface area contributed by atoms with Gasteiger partial charge in [0.25, 0.3) is 0 Å². The highest BCUT2D eigenvalue weighted by Gasteiger charge is 2.25. The van der Waals surface area contributed by atoms with Crippen LogP contribution in [0.3, 0.4) is 0 Å². The Kier molecular flexibility index (Phi) is 13.5. The molecule has 1 N–H and O–H groups in total. The van der Waals surface area contributed by atoms with Gasteiger partial charge in [-0.05, 0) is 31.4 Å². The first kappa shape index (κ1) is 25.1. The molecular weight excluding hydrogens is 469 g/mol. The third-order valence-electron chi connectivity index (χ3n) is 4.68. The third kappa shape index (κ3) is 8.63. The molecule has 1 heterocycles. The summed E-state index contributed by atoms with van der Waals surface area (Å²) < 4.78 is 16.3. The van der Waals surface area contributed by atoms with E-state index in [1.165, 1.54) is 11.1 Å². The van der Waals surface area contributed by atoms with E-state index in [-0.39, 0.29) is 24.0 Å². The van der Waals surface area contributed by atoms with Crippen molar-refractivity contribution >= 4 is 29.9 Å². The molecule has 0 spiro atoms. The summed E-state index contributed by atoms with van der Waals surface area (Å²) in [5.41, 5.74) is 2.43. The topological polar surface area (TPSA) is 55.3 Å². The molecule has 160 valence electrons. The number of hydrogen-bond donors (Lipinski definition) is 1. The van der Waals surface area contributed by atoms with Gasteiger partial charge in [-0.3, -0.25) is 0 Å². The van der Waals surface area contributed by atoms with Gasteiger partial charge < -0.3 is 24.4 Å². The van der Waals surface area contributed by atoms with Gasteiger partial charge >= 0.3 is 0 Å². The number of rotatable bonds is 11. The van der Waals surface area contributed by atoms with Crippen molar-refractivity contribution in [2.24, 2.45) is 10.9 Å². The Hall–Kier alpha value is -0.900. The predicted octanol–water partition coefficient (Wildman–Crippen LogP) is 3.29. The average molecular weight is 505 g/mol. The zero-order chi connectivity index (χ0) is 19.3. The molecule has 1 aliphatic heterocycles. The lowest BCUT2D eigenvalue weighted by atomic mass is 10.1. The first-order valence-electron chi connectivity index (χ1n) is 10.0. The minimum Gasteiger partial charge on any atom is -0.382 e. The van der Waals surface area contributed by atoms with Crippen LogP contribution < -0.4 is 5.32 Å². The molecule has 1 aromatic rings. The van der Waals surface area contributed by atoms with Crippen molar-refractivity contribution in [2.45, 2.75) is 33.4 Å². The van der Waals surface area contributed by atoms with E-state index in [2.05, 4.69) is 41.4 Å². The summed E-state index contributed by atoms with van der Waals surface area (Å²) in [5, 5.41) is 3.44. The number of benzene rings is 1. The van der Waals surface area contributed by atoms with Crippen molar-refractivity contribution in [2.75, 3.05) is 53.2 Å². The van der Waals surface area contributed by atoms with E-state index in [1.54, 1.807) is 7.11 Å². The highest BCUT2D eigenvalue weighted by Crippen LogP contribution is 2.17. The van der Waals surface area contributed by atoms with Crippen LogP contribution in [0.1, 0.15) is 31.4 Å². The number of methoxy groups -OCH3 is 1. The second kappa shape index (κ2) is 15.0. The maximum atomic E-state index is 5.70. The number of likely N-dealkylation sites (tertiary alicyclic amines) is 1. The molecule has 7 heteroatoms. The average Bonchev–Trinajstić information content (AvgIpc) is 3.16. The number of halogens is 1. The fourth-order valence-electron chi connectivity index (χ4n) is 3.20. The first-order valence-corrected chi connectivity index (χ1v) is 10.0. The summed E-state index contributed by atoms with van der Waals surface area (Å²) in [6, 6.07) is 8.38. The largest absolute Gasteiger partial charge is 0.382 e. The van der Waals surface area contributed by atoms with Gasteiger partial charge in [0.15, 0.2) is 5.96 Å². The molecule has 0 saturated carbocycles. The van der Waals surface area contributed by atoms with Crippen molar-refractivity contribution < 1.29 is 14.2 Å². The monoisotopic (exact) mass is 505 g/mol. The molecule has 0 amide bonds. The molecular formula is C21H36IN3O3. The molecule has 1 atom stereocenters. The highest BCUT2D eigenvalue weighted by atomic mass is 127. The van der Waals surface area contributed by atoms with Crippen molar-refractivity contribution in [3.8, 4) is 0 Å². The summed E-state index contributed by atoms with van der Waals surface area (Å²) in [6.07, 6.45) is 1.14. The fraction of sp³-hybridized carbons (Fsp3) is 0.667. The molecule has 0 bridgehead atoms. The lowest BCUT2D eigenvalue weighted by molar-refractivity contribution is 0.0536. The molecule has 1 aromatic carbocycles. The second-order valence-corrected chi connectivity index (χ2v) is 6.74. The van der Waals surface area contributed by atoms with E-state index < -0.39 is 0 Å². The van der Waals surface area contributed by atoms with Crippen LogP contribution in [0.5, 0.6) is 0 Å². The number of guanidine groups is 1. The van der Waals surface area contributed by atoms with Gasteiger partial charge in [-0.1, -0.05) is 24.3 Å². The Labute approximate surface area is 187 Å². The van der Waals surface area contributed by atoms with Gasteiger partial charge in [0.2, 0.25) is 0 Å². The van der Waals surface area contributed by atoms with Gasteiger partial charge in [0.1, 0.15) is 0 Å². The zero-order valence-electron chi connectivity index (χ0n) is 17.5. The molecule has 28 heavy (non-hydrogen) atoms. The molecule has 1 unspecified atom stereocenters. The fourth-order valence-corrected chi connectivity index (χ4v) is 3.20. The van der Waals surface area contributed by atoms with Crippen LogP contribution in [0, 0.1) is 5.92 Å². The summed E-state index contributed by atoms with van der Waals surface area (Å²) in [7, 11) is 1.70. The number of hydrogen-bond acceptors (Lipinski definition) is 4. The van der Waals surface area contributed by atoms with Gasteiger partial charge in [-0.2, -0.15) is 0 Å². The van der Waals surface area contributed by atoms with E-state index in [4.69, 9.17) is 19.2 Å². The van der Waals surface area contributed by atoms with Crippen LogP contribution in [0.15, 0.2) is 29.3 Å². The SMILES string of the molecule is CCNC(=NCc1ccccc1COCC)N1CCC(COCCOC)C1.I. The summed E-state index contributed by atoms with van der Waals surface area (Å²) >= 11 is 0. The van der Waals surface area contributed by atoms with Gasteiger partial charge in [-0.25, -0.2) is 4.99 Å². The minimum atomic E-state index is 0. The van der Waals surface area contributed by atoms with Crippen molar-refractivity contribution in [1.82, 2.24) is 10.2 Å². The maximum Gasteiger partial charge on any atom is 0.194 e. The highest BCUT2D eigenvalue weighted by molar-refractivity contribution is 14.0. The summed E-state index contributed by atoms with van der Waals surface area (Å²) in [4.78, 5) is 7.24. The number of aliphatic imine (C=N–C) groups is 1. The number of nitrogens with zero attached hydrogens (tertiary/aromatic N) is 2. The Morgan fingerprint density at radius 2 is 1.96 bits per heavy atom. The molecule has 0 radical (unpaired) electrons. The standard InChI is InChI=1S/C21H35N3O3.HI/c1-4-22-21(24-11-10-18(15-24)16-27-13-12-25-3)23-14-19-8-6-7-9-20(19)17-26-5-2;/h6-9,18H,4-5,10-17H2,1-3H3,(H,22,23);1H. The van der Waals surface area contributed by atoms with Crippen molar-refractivity contribution in [3.63, 3.8) is 0 Å². The molecule has 0 aliphatic carbocycles. The maximum absolute atomic E-state index is 5.70. The third-order valence-corrected chi connectivity index (χ3v) is 4.68. The van der Waals surface area contributed by atoms with E-state index in [9.17, 15) is 0 Å². The predicted molar refractivity (Wildman–Crippen MR) is 124 cm³/mol. The summed E-state index contributed by atoms with van der Waals surface area (Å²) in [6.45, 7) is 11.1. The van der Waals surface area contributed by atoms with Crippen LogP contribution in [0.25, 0.3) is 0 Å². The number of nitrogens with one attached hydrogen (secondary N) is 1. The normalized spacial score (nSPS) is 16.9. The van der Waals surface area contributed by atoms with Gasteiger partial charge in [0.05, 0.1) is 33.0 Å². The zero-order valence-corrected chi connectivity index (χ0v) is 19.8. The summed E-state index contributed by atoms with van der Waals surface area (Å²) in [5.74, 6) is 1.54. The molecule has 1 fully saturated rings. The Morgan fingerprint density at radius 1 is 1.18 bits per heavy atom. The molecule has 1 aliphatic rings. The Bertz CT molecular complexity index is 572. The molecule has 6 nitrogen and oxygen atoms in total. The Morgan fingerprint density at radius 3 is 2.68 bits per heavy atom. The van der Waals surface area contributed by atoms with Gasteiger partial charge in [0, 0.05) is 39.3 Å². The molecule has 2 rings (SSSR count). The minimum absolute atomic E-state index is 0. The second-order valence-electron chi connectivity index (χ2n) is 6.74. The van der Waals surface area contributed by atoms with Crippen molar-refractivity contribution in [3.05, 3.63) is 35.4 Å². The number of ether oxygens (including phenoxy) is 3. The van der Waals surface area contributed by atoms with Crippen LogP contribution in [0.2, 0.25) is 0 Å². The smallest absolute Gasteiger partial charge is 0.194 e. The van der Waals surface area contributed by atoms with E-state index in [0.29, 0.717) is 32.3 Å². The van der Waals surface area contributed by atoms with Crippen LogP contribution in [0.4, 0.5) is 0 Å².